The zero-order chi connectivity index (χ0) is 26.9. The lowest BCUT2D eigenvalue weighted by molar-refractivity contribution is -0.140. The average molecular weight is 557 g/mol. The minimum atomic E-state index is -3.53. The minimum absolute atomic E-state index is 0.0752. The van der Waals surface area contributed by atoms with Crippen molar-refractivity contribution in [2.45, 2.75) is 59.0 Å². The summed E-state index contributed by atoms with van der Waals surface area (Å²) >= 11 is 12.2. The van der Waals surface area contributed by atoms with E-state index in [-0.39, 0.29) is 31.3 Å². The Balaban J connectivity index is 2.16. The van der Waals surface area contributed by atoms with E-state index in [4.69, 9.17) is 23.2 Å². The third-order valence-electron chi connectivity index (χ3n) is 5.81. The summed E-state index contributed by atoms with van der Waals surface area (Å²) in [6.07, 6.45) is 3.31. The van der Waals surface area contributed by atoms with E-state index in [0.717, 1.165) is 30.2 Å². The lowest BCUT2D eigenvalue weighted by Crippen LogP contribution is -2.48. The maximum absolute atomic E-state index is 13.3. The van der Waals surface area contributed by atoms with Gasteiger partial charge in [0.25, 0.3) is 0 Å². The van der Waals surface area contributed by atoms with Gasteiger partial charge < -0.3 is 10.2 Å². The van der Waals surface area contributed by atoms with E-state index in [1.54, 1.807) is 37.3 Å². The molecule has 0 saturated carbocycles. The number of carbonyl (C=O) groups excluding carboxylic acids is 2. The molecule has 0 unspecified atom stereocenters. The van der Waals surface area contributed by atoms with E-state index < -0.39 is 16.1 Å². The molecular weight excluding hydrogens is 521 g/mol. The zero-order valence-corrected chi connectivity index (χ0v) is 23.6. The van der Waals surface area contributed by atoms with Gasteiger partial charge in [0.2, 0.25) is 21.8 Å². The van der Waals surface area contributed by atoms with Crippen molar-refractivity contribution in [1.82, 2.24) is 10.2 Å². The summed E-state index contributed by atoms with van der Waals surface area (Å²) in [4.78, 5) is 27.6. The second-order valence-electron chi connectivity index (χ2n) is 8.86. The van der Waals surface area contributed by atoms with E-state index in [9.17, 15) is 18.0 Å². The Morgan fingerprint density at radius 1 is 1.03 bits per heavy atom. The predicted octanol–water partition coefficient (Wildman–Crippen LogP) is 5.18. The van der Waals surface area contributed by atoms with Crippen LogP contribution in [0.25, 0.3) is 0 Å². The van der Waals surface area contributed by atoms with E-state index in [0.29, 0.717) is 28.7 Å². The number of carbonyl (C=O) groups is 2. The molecular formula is C26H35Cl2N3O4S. The van der Waals surface area contributed by atoms with Crippen LogP contribution in [-0.2, 0) is 26.2 Å². The second-order valence-corrected chi connectivity index (χ2v) is 11.6. The van der Waals surface area contributed by atoms with Crippen molar-refractivity contribution in [3.63, 3.8) is 0 Å². The van der Waals surface area contributed by atoms with Gasteiger partial charge in [-0.25, -0.2) is 8.42 Å². The number of halogens is 2. The number of hydrogen-bond donors (Lipinski definition) is 1. The largest absolute Gasteiger partial charge is 0.354 e. The number of amides is 2. The monoisotopic (exact) mass is 555 g/mol. The van der Waals surface area contributed by atoms with Gasteiger partial charge in [-0.3, -0.25) is 13.9 Å². The van der Waals surface area contributed by atoms with Gasteiger partial charge in [0, 0.05) is 26.1 Å². The number of unbranched alkanes of at least 4 members (excludes halogenated alkanes) is 1. The topological polar surface area (TPSA) is 86.8 Å². The van der Waals surface area contributed by atoms with E-state index in [2.05, 4.69) is 5.32 Å². The van der Waals surface area contributed by atoms with Gasteiger partial charge in [0.05, 0.1) is 22.0 Å². The van der Waals surface area contributed by atoms with Gasteiger partial charge in [-0.1, -0.05) is 60.3 Å². The Morgan fingerprint density at radius 2 is 1.69 bits per heavy atom. The smallest absolute Gasteiger partial charge is 0.242 e. The lowest BCUT2D eigenvalue weighted by atomic mass is 10.1. The second kappa shape index (κ2) is 13.9. The zero-order valence-electron chi connectivity index (χ0n) is 21.3. The summed E-state index contributed by atoms with van der Waals surface area (Å²) in [7, 11) is -3.53. The molecule has 1 atom stereocenters. The summed E-state index contributed by atoms with van der Waals surface area (Å²) < 4.78 is 26.1. The number of anilines is 1. The molecule has 2 aromatic carbocycles. The molecule has 1 N–H and O–H groups in total. The van der Waals surface area contributed by atoms with Crippen LogP contribution in [0.4, 0.5) is 5.69 Å². The Bertz CT molecular complexity index is 1140. The molecule has 0 aliphatic rings. The van der Waals surface area contributed by atoms with Crippen LogP contribution in [0.3, 0.4) is 0 Å². The van der Waals surface area contributed by atoms with Gasteiger partial charge in [-0.15, -0.1) is 0 Å². The Kier molecular flexibility index (Phi) is 11.5. The number of aryl methyl sites for hydroxylation is 1. The quantitative estimate of drug-likeness (QED) is 0.345. The van der Waals surface area contributed by atoms with Gasteiger partial charge in [-0.2, -0.15) is 0 Å². The highest BCUT2D eigenvalue weighted by Gasteiger charge is 2.26. The molecule has 0 fully saturated rings. The van der Waals surface area contributed by atoms with Gasteiger partial charge in [-0.05, 0) is 56.5 Å². The number of benzene rings is 2. The Hall–Kier alpha value is -2.29. The van der Waals surface area contributed by atoms with E-state index >= 15 is 0 Å². The Morgan fingerprint density at radius 3 is 2.28 bits per heavy atom. The molecule has 0 aliphatic carbocycles. The summed E-state index contributed by atoms with van der Waals surface area (Å²) in [5.41, 5.74) is 2.31. The van der Waals surface area contributed by atoms with Crippen molar-refractivity contribution in [2.24, 2.45) is 0 Å². The summed E-state index contributed by atoms with van der Waals surface area (Å²) in [5.74, 6) is -0.495. The van der Waals surface area contributed by atoms with Crippen molar-refractivity contribution in [3.05, 3.63) is 63.6 Å². The van der Waals surface area contributed by atoms with Crippen LogP contribution >= 0.6 is 23.2 Å². The van der Waals surface area contributed by atoms with Gasteiger partial charge in [0.15, 0.2) is 0 Å². The first-order chi connectivity index (χ1) is 16.9. The molecule has 0 bridgehead atoms. The fourth-order valence-electron chi connectivity index (χ4n) is 3.67. The van der Waals surface area contributed by atoms with Crippen LogP contribution in [0.1, 0.15) is 50.7 Å². The van der Waals surface area contributed by atoms with Crippen LogP contribution in [0.15, 0.2) is 42.5 Å². The summed E-state index contributed by atoms with van der Waals surface area (Å²) in [5, 5.41) is 3.65. The molecule has 2 rings (SSSR count). The van der Waals surface area contributed by atoms with Crippen molar-refractivity contribution in [2.75, 3.05) is 23.7 Å². The third-order valence-corrected chi connectivity index (χ3v) is 7.74. The highest BCUT2D eigenvalue weighted by Crippen LogP contribution is 2.24. The standard InChI is InChI=1S/C26H35Cl2N3O4S/c1-5-6-15-29-26(33)20(3)30(18-21-11-14-23(27)24(28)17-21)25(32)8-7-16-31(36(4,34)35)22-12-9-19(2)10-13-22/h9-14,17,20H,5-8,15-16,18H2,1-4H3,(H,29,33)/t20-/m1/s1. The predicted molar refractivity (Wildman–Crippen MR) is 147 cm³/mol. The van der Waals surface area contributed by atoms with Crippen molar-refractivity contribution in [3.8, 4) is 0 Å². The minimum Gasteiger partial charge on any atom is -0.354 e. The Labute approximate surface area is 224 Å². The third kappa shape index (κ3) is 8.98. The van der Waals surface area contributed by atoms with Crippen molar-refractivity contribution in [1.29, 1.82) is 0 Å². The van der Waals surface area contributed by atoms with Crippen LogP contribution in [0, 0.1) is 6.92 Å². The van der Waals surface area contributed by atoms with Crippen LogP contribution < -0.4 is 9.62 Å². The fraction of sp³-hybridized carbons (Fsp3) is 0.462. The average Bonchev–Trinajstić information content (AvgIpc) is 2.82. The number of sulfonamides is 1. The number of hydrogen-bond acceptors (Lipinski definition) is 4. The SMILES string of the molecule is CCCCNC(=O)[C@@H](C)N(Cc1ccc(Cl)c(Cl)c1)C(=O)CCCN(c1ccc(C)cc1)S(C)(=O)=O. The van der Waals surface area contributed by atoms with Crippen molar-refractivity contribution < 1.29 is 18.0 Å². The van der Waals surface area contributed by atoms with Crippen molar-refractivity contribution >= 4 is 50.7 Å². The molecule has 7 nitrogen and oxygen atoms in total. The molecule has 0 aliphatic heterocycles. The highest BCUT2D eigenvalue weighted by atomic mass is 35.5. The molecule has 0 heterocycles. The molecule has 2 amide bonds. The molecule has 0 aromatic heterocycles. The fourth-order valence-corrected chi connectivity index (χ4v) is 4.95. The van der Waals surface area contributed by atoms with Gasteiger partial charge in [0.1, 0.15) is 6.04 Å². The van der Waals surface area contributed by atoms with Crippen LogP contribution in [0.5, 0.6) is 0 Å². The summed E-state index contributed by atoms with van der Waals surface area (Å²) in [6, 6.07) is 11.6. The van der Waals surface area contributed by atoms with Crippen LogP contribution in [-0.4, -0.2) is 50.5 Å². The molecule has 10 heteroatoms. The number of rotatable bonds is 13. The molecule has 198 valence electrons. The number of nitrogens with zero attached hydrogens (tertiary/aromatic N) is 2. The van der Waals surface area contributed by atoms with Gasteiger partial charge >= 0.3 is 0 Å². The first kappa shape index (κ1) is 29.9. The maximum Gasteiger partial charge on any atom is 0.242 e. The van der Waals surface area contributed by atoms with Crippen LogP contribution in [0.2, 0.25) is 10.0 Å². The molecule has 0 radical (unpaired) electrons. The maximum atomic E-state index is 13.3. The molecule has 0 saturated heterocycles. The lowest BCUT2D eigenvalue weighted by Gasteiger charge is -2.29. The molecule has 2 aromatic rings. The van der Waals surface area contributed by atoms with E-state index in [1.807, 2.05) is 26.0 Å². The first-order valence-electron chi connectivity index (χ1n) is 12.0. The summed E-state index contributed by atoms with van der Waals surface area (Å²) in [6.45, 7) is 6.50. The highest BCUT2D eigenvalue weighted by molar-refractivity contribution is 7.92. The normalized spacial score (nSPS) is 12.2. The number of nitrogens with one attached hydrogen (secondary N) is 1. The van der Waals surface area contributed by atoms with E-state index in [1.165, 1.54) is 9.21 Å². The first-order valence-corrected chi connectivity index (χ1v) is 14.6. The molecule has 36 heavy (non-hydrogen) atoms. The molecule has 0 spiro atoms.